The highest BCUT2D eigenvalue weighted by Gasteiger charge is 2.33. The Hall–Kier alpha value is -1.07. The number of nitrogens with two attached hydrogens (primary N) is 1. The lowest BCUT2D eigenvalue weighted by Crippen LogP contribution is -2.38. The van der Waals surface area contributed by atoms with E-state index in [9.17, 15) is 8.42 Å². The lowest BCUT2D eigenvalue weighted by atomic mass is 10.1. The van der Waals surface area contributed by atoms with Crippen molar-refractivity contribution in [1.82, 2.24) is 4.31 Å². The molecule has 5 heteroatoms. The van der Waals surface area contributed by atoms with E-state index < -0.39 is 10.0 Å². The van der Waals surface area contributed by atoms with Gasteiger partial charge in [-0.15, -0.1) is 0 Å². The van der Waals surface area contributed by atoms with Gasteiger partial charge in [0.2, 0.25) is 10.0 Å². The van der Waals surface area contributed by atoms with E-state index in [1.165, 1.54) is 0 Å². The third kappa shape index (κ3) is 3.15. The third-order valence-corrected chi connectivity index (χ3v) is 5.85. The highest BCUT2D eigenvalue weighted by molar-refractivity contribution is 7.89. The van der Waals surface area contributed by atoms with E-state index in [1.807, 2.05) is 26.8 Å². The molecule has 1 aliphatic rings. The van der Waals surface area contributed by atoms with Crippen molar-refractivity contribution in [3.8, 4) is 0 Å². The summed E-state index contributed by atoms with van der Waals surface area (Å²) >= 11 is 0. The zero-order valence-corrected chi connectivity index (χ0v) is 13.3. The summed E-state index contributed by atoms with van der Waals surface area (Å²) in [5.41, 5.74) is 7.48. The highest BCUT2D eigenvalue weighted by Crippen LogP contribution is 2.33. The van der Waals surface area contributed by atoms with Crippen LogP contribution in [0.15, 0.2) is 23.1 Å². The molecule has 0 bridgehead atoms. The SMILES string of the molecule is CCc1ccc(S(=O)(=O)N(CC2CC2)C(C)C)cc1N. The molecule has 2 N–H and O–H groups in total. The van der Waals surface area contributed by atoms with Crippen LogP contribution >= 0.6 is 0 Å². The number of nitrogen functional groups attached to an aromatic ring is 1. The molecule has 4 nitrogen and oxygen atoms in total. The highest BCUT2D eigenvalue weighted by atomic mass is 32.2. The molecule has 0 saturated heterocycles. The zero-order valence-electron chi connectivity index (χ0n) is 12.5. The van der Waals surface area contributed by atoms with Crippen LogP contribution in [0.25, 0.3) is 0 Å². The molecule has 1 aliphatic carbocycles. The number of nitrogens with zero attached hydrogens (tertiary/aromatic N) is 1. The molecule has 0 atom stereocenters. The van der Waals surface area contributed by atoms with Gasteiger partial charge in [0.1, 0.15) is 0 Å². The molecular weight excluding hydrogens is 272 g/mol. The number of hydrogen-bond donors (Lipinski definition) is 1. The van der Waals surface area contributed by atoms with E-state index in [4.69, 9.17) is 5.73 Å². The Kier molecular flexibility index (Phi) is 4.39. The summed E-state index contributed by atoms with van der Waals surface area (Å²) in [7, 11) is -3.45. The minimum absolute atomic E-state index is 0.0346. The first-order valence-corrected chi connectivity index (χ1v) is 8.70. The van der Waals surface area contributed by atoms with Crippen LogP contribution in [-0.4, -0.2) is 25.3 Å². The summed E-state index contributed by atoms with van der Waals surface area (Å²) in [6.45, 7) is 6.47. The van der Waals surface area contributed by atoms with Gasteiger partial charge in [-0.3, -0.25) is 0 Å². The molecule has 112 valence electrons. The molecule has 0 heterocycles. The Bertz CT molecular complexity index is 578. The number of sulfonamides is 1. The van der Waals surface area contributed by atoms with E-state index in [1.54, 1.807) is 16.4 Å². The predicted octanol–water partition coefficient (Wildman–Crippen LogP) is 2.64. The molecule has 1 saturated carbocycles. The van der Waals surface area contributed by atoms with Crippen molar-refractivity contribution in [3.63, 3.8) is 0 Å². The van der Waals surface area contributed by atoms with Crippen LogP contribution < -0.4 is 5.73 Å². The van der Waals surface area contributed by atoms with Crippen molar-refractivity contribution < 1.29 is 8.42 Å². The van der Waals surface area contributed by atoms with Gasteiger partial charge in [0.15, 0.2) is 0 Å². The maximum atomic E-state index is 12.8. The zero-order chi connectivity index (χ0) is 14.9. The fourth-order valence-corrected chi connectivity index (χ4v) is 4.08. The number of rotatable bonds is 6. The average Bonchev–Trinajstić information content (AvgIpc) is 3.19. The molecule has 0 aliphatic heterocycles. The van der Waals surface area contributed by atoms with Crippen LogP contribution in [0.2, 0.25) is 0 Å². The summed E-state index contributed by atoms with van der Waals surface area (Å²) in [5, 5.41) is 0. The normalized spacial score (nSPS) is 16.1. The Morgan fingerprint density at radius 3 is 2.45 bits per heavy atom. The maximum Gasteiger partial charge on any atom is 0.243 e. The van der Waals surface area contributed by atoms with E-state index in [-0.39, 0.29) is 6.04 Å². The van der Waals surface area contributed by atoms with Gasteiger partial charge in [-0.1, -0.05) is 13.0 Å². The van der Waals surface area contributed by atoms with Gasteiger partial charge < -0.3 is 5.73 Å². The average molecular weight is 296 g/mol. The van der Waals surface area contributed by atoms with E-state index in [0.29, 0.717) is 23.0 Å². The van der Waals surface area contributed by atoms with E-state index in [0.717, 1.165) is 24.8 Å². The molecule has 0 aromatic heterocycles. The molecule has 0 unspecified atom stereocenters. The molecule has 1 fully saturated rings. The van der Waals surface area contributed by atoms with Gasteiger partial charge in [-0.25, -0.2) is 8.42 Å². The molecule has 2 rings (SSSR count). The fraction of sp³-hybridized carbons (Fsp3) is 0.600. The quantitative estimate of drug-likeness (QED) is 0.821. The van der Waals surface area contributed by atoms with Crippen LogP contribution in [0.5, 0.6) is 0 Å². The van der Waals surface area contributed by atoms with Gasteiger partial charge in [-0.05, 0) is 56.7 Å². The second kappa shape index (κ2) is 5.74. The van der Waals surface area contributed by atoms with Crippen molar-refractivity contribution in [2.45, 2.75) is 51.0 Å². The third-order valence-electron chi connectivity index (χ3n) is 3.82. The lowest BCUT2D eigenvalue weighted by molar-refractivity contribution is 0.342. The first kappa shape index (κ1) is 15.3. The Morgan fingerprint density at radius 2 is 2.00 bits per heavy atom. The van der Waals surface area contributed by atoms with Crippen molar-refractivity contribution in [3.05, 3.63) is 23.8 Å². The minimum atomic E-state index is -3.45. The van der Waals surface area contributed by atoms with E-state index in [2.05, 4.69) is 0 Å². The first-order chi connectivity index (χ1) is 9.36. The molecule has 0 amide bonds. The van der Waals surface area contributed by atoms with Gasteiger partial charge in [0.05, 0.1) is 4.90 Å². The largest absolute Gasteiger partial charge is 0.398 e. The van der Waals surface area contributed by atoms with Crippen molar-refractivity contribution in [2.75, 3.05) is 12.3 Å². The van der Waals surface area contributed by atoms with Gasteiger partial charge in [0, 0.05) is 18.3 Å². The standard InChI is InChI=1S/C15H24N2O2S/c1-4-13-7-8-14(9-15(13)16)20(18,19)17(11(2)3)10-12-5-6-12/h7-9,11-12H,4-6,10,16H2,1-3H3. The lowest BCUT2D eigenvalue weighted by Gasteiger charge is -2.26. The van der Waals surface area contributed by atoms with Crippen LogP contribution in [0.4, 0.5) is 5.69 Å². The van der Waals surface area contributed by atoms with Crippen LogP contribution in [0.3, 0.4) is 0 Å². The molecule has 1 aromatic carbocycles. The van der Waals surface area contributed by atoms with Gasteiger partial charge in [0.25, 0.3) is 0 Å². The Labute approximate surface area is 122 Å². The predicted molar refractivity (Wildman–Crippen MR) is 82.0 cm³/mol. The first-order valence-electron chi connectivity index (χ1n) is 7.26. The van der Waals surface area contributed by atoms with Crippen molar-refractivity contribution in [1.29, 1.82) is 0 Å². The van der Waals surface area contributed by atoms with Crippen LogP contribution in [-0.2, 0) is 16.4 Å². The summed E-state index contributed by atoms with van der Waals surface area (Å²) in [6, 6.07) is 5.05. The Balaban J connectivity index is 2.33. The molecule has 0 radical (unpaired) electrons. The van der Waals surface area contributed by atoms with Gasteiger partial charge in [-0.2, -0.15) is 4.31 Å². The number of benzene rings is 1. The summed E-state index contributed by atoms with van der Waals surface area (Å²) in [6.07, 6.45) is 3.08. The summed E-state index contributed by atoms with van der Waals surface area (Å²) in [5.74, 6) is 0.527. The van der Waals surface area contributed by atoms with Crippen molar-refractivity contribution >= 4 is 15.7 Å². The molecule has 20 heavy (non-hydrogen) atoms. The van der Waals surface area contributed by atoms with Gasteiger partial charge >= 0.3 is 0 Å². The van der Waals surface area contributed by atoms with Crippen molar-refractivity contribution in [2.24, 2.45) is 5.92 Å². The Morgan fingerprint density at radius 1 is 1.35 bits per heavy atom. The molecule has 0 spiro atoms. The molecule has 1 aromatic rings. The second-order valence-electron chi connectivity index (χ2n) is 5.83. The number of anilines is 1. The minimum Gasteiger partial charge on any atom is -0.398 e. The molecular formula is C15H24N2O2S. The van der Waals surface area contributed by atoms with Crippen LogP contribution in [0.1, 0.15) is 39.2 Å². The topological polar surface area (TPSA) is 63.4 Å². The maximum absolute atomic E-state index is 12.8. The summed E-state index contributed by atoms with van der Waals surface area (Å²) in [4.78, 5) is 0.307. The van der Waals surface area contributed by atoms with E-state index >= 15 is 0 Å². The second-order valence-corrected chi connectivity index (χ2v) is 7.72. The number of hydrogen-bond acceptors (Lipinski definition) is 3. The number of aryl methyl sites for hydroxylation is 1. The fourth-order valence-electron chi connectivity index (χ4n) is 2.33. The summed E-state index contributed by atoms with van der Waals surface area (Å²) < 4.78 is 27.1. The van der Waals surface area contributed by atoms with Crippen LogP contribution in [0, 0.1) is 5.92 Å². The monoisotopic (exact) mass is 296 g/mol. The smallest absolute Gasteiger partial charge is 0.243 e.